The van der Waals surface area contributed by atoms with E-state index in [-0.39, 0.29) is 11.5 Å². The van der Waals surface area contributed by atoms with Crippen LogP contribution in [0, 0.1) is 5.92 Å². The number of hydrogen-bond donors (Lipinski definition) is 2. The minimum Gasteiger partial charge on any atom is -0.497 e. The molecule has 5 nitrogen and oxygen atoms in total. The molecule has 0 saturated heterocycles. The molecule has 1 aromatic carbocycles. The van der Waals surface area contributed by atoms with Crippen LogP contribution in [0.5, 0.6) is 5.75 Å². The van der Waals surface area contributed by atoms with Gasteiger partial charge in [0.1, 0.15) is 10.8 Å². The average Bonchev–Trinajstić information content (AvgIpc) is 2.91. The van der Waals surface area contributed by atoms with Crippen molar-refractivity contribution >= 4 is 28.2 Å². The fraction of sp³-hybridized carbons (Fsp3) is 0.333. The molecule has 0 fully saturated rings. The SMILES string of the molecule is COc1cccc(C(=O)Nc2sc3c(c2C(=O)O)CCC(C)C3)c1. The summed E-state index contributed by atoms with van der Waals surface area (Å²) in [6.45, 7) is 2.16. The average molecular weight is 345 g/mol. The number of benzene rings is 1. The van der Waals surface area contributed by atoms with Crippen molar-refractivity contribution in [2.24, 2.45) is 5.92 Å². The molecule has 1 heterocycles. The van der Waals surface area contributed by atoms with E-state index in [0.29, 0.717) is 22.2 Å². The standard InChI is InChI=1S/C18H19NO4S/c1-10-6-7-13-14(8-10)24-17(15(13)18(21)22)19-16(20)11-4-3-5-12(9-11)23-2/h3-5,9-10H,6-8H2,1-2H3,(H,19,20)(H,21,22). The third kappa shape index (κ3) is 3.14. The van der Waals surface area contributed by atoms with Gasteiger partial charge < -0.3 is 15.2 Å². The first-order valence-electron chi connectivity index (χ1n) is 7.82. The van der Waals surface area contributed by atoms with Crippen molar-refractivity contribution < 1.29 is 19.4 Å². The molecular weight excluding hydrogens is 326 g/mol. The summed E-state index contributed by atoms with van der Waals surface area (Å²) < 4.78 is 5.12. The highest BCUT2D eigenvalue weighted by Crippen LogP contribution is 2.39. The van der Waals surface area contributed by atoms with Gasteiger partial charge in [-0.3, -0.25) is 4.79 Å². The second kappa shape index (κ2) is 6.65. The van der Waals surface area contributed by atoms with E-state index in [4.69, 9.17) is 4.74 Å². The Morgan fingerprint density at radius 2 is 2.17 bits per heavy atom. The molecule has 3 rings (SSSR count). The minimum absolute atomic E-state index is 0.248. The van der Waals surface area contributed by atoms with E-state index in [1.165, 1.54) is 18.4 Å². The zero-order valence-electron chi connectivity index (χ0n) is 13.6. The van der Waals surface area contributed by atoms with Crippen LogP contribution in [-0.4, -0.2) is 24.1 Å². The second-order valence-corrected chi connectivity index (χ2v) is 7.15. The van der Waals surface area contributed by atoms with E-state index in [1.54, 1.807) is 24.3 Å². The van der Waals surface area contributed by atoms with Crippen LogP contribution < -0.4 is 10.1 Å². The van der Waals surface area contributed by atoms with Crippen LogP contribution in [0.15, 0.2) is 24.3 Å². The Kier molecular flexibility index (Phi) is 4.57. The number of carboxylic acids is 1. The van der Waals surface area contributed by atoms with Gasteiger partial charge in [0.2, 0.25) is 0 Å². The molecule has 1 aliphatic rings. The Morgan fingerprint density at radius 1 is 1.38 bits per heavy atom. The molecule has 1 aliphatic carbocycles. The van der Waals surface area contributed by atoms with Crippen molar-refractivity contribution in [3.05, 3.63) is 45.8 Å². The molecule has 2 N–H and O–H groups in total. The summed E-state index contributed by atoms with van der Waals surface area (Å²) >= 11 is 1.38. The van der Waals surface area contributed by atoms with Crippen LogP contribution in [0.25, 0.3) is 0 Å². The maximum atomic E-state index is 12.5. The lowest BCUT2D eigenvalue weighted by Crippen LogP contribution is -2.15. The lowest BCUT2D eigenvalue weighted by atomic mass is 9.88. The Morgan fingerprint density at radius 3 is 2.88 bits per heavy atom. The summed E-state index contributed by atoms with van der Waals surface area (Å²) in [5.74, 6) is -0.189. The number of fused-ring (bicyclic) bond motifs is 1. The summed E-state index contributed by atoms with van der Waals surface area (Å²) in [5.41, 5.74) is 1.56. The van der Waals surface area contributed by atoms with Gasteiger partial charge in [-0.25, -0.2) is 4.79 Å². The number of rotatable bonds is 4. The molecule has 0 aliphatic heterocycles. The van der Waals surface area contributed by atoms with Crippen molar-refractivity contribution in [2.45, 2.75) is 26.2 Å². The summed E-state index contributed by atoms with van der Waals surface area (Å²) in [4.78, 5) is 25.2. The molecule has 0 saturated carbocycles. The zero-order valence-corrected chi connectivity index (χ0v) is 14.4. The third-order valence-electron chi connectivity index (χ3n) is 4.28. The molecule has 24 heavy (non-hydrogen) atoms. The quantitative estimate of drug-likeness (QED) is 0.883. The molecule has 126 valence electrons. The molecule has 2 aromatic rings. The lowest BCUT2D eigenvalue weighted by molar-refractivity contribution is 0.0697. The van der Waals surface area contributed by atoms with Gasteiger partial charge in [-0.05, 0) is 48.9 Å². The number of amides is 1. The predicted molar refractivity (Wildman–Crippen MR) is 93.4 cm³/mol. The number of thiophene rings is 1. The van der Waals surface area contributed by atoms with Gasteiger partial charge in [0.25, 0.3) is 5.91 Å². The molecule has 0 radical (unpaired) electrons. The number of aromatic carboxylic acids is 1. The number of carboxylic acid groups (broad SMARTS) is 1. The smallest absolute Gasteiger partial charge is 0.339 e. The first kappa shape index (κ1) is 16.5. The highest BCUT2D eigenvalue weighted by molar-refractivity contribution is 7.17. The normalized spacial score (nSPS) is 16.3. The van der Waals surface area contributed by atoms with Gasteiger partial charge in [-0.2, -0.15) is 0 Å². The second-order valence-electron chi connectivity index (χ2n) is 6.05. The number of hydrogen-bond acceptors (Lipinski definition) is 4. The van der Waals surface area contributed by atoms with Gasteiger partial charge in [0, 0.05) is 10.4 Å². The summed E-state index contributed by atoms with van der Waals surface area (Å²) in [5, 5.41) is 12.8. The number of nitrogens with one attached hydrogen (secondary N) is 1. The fourth-order valence-corrected chi connectivity index (χ4v) is 4.40. The highest BCUT2D eigenvalue weighted by Gasteiger charge is 2.28. The van der Waals surface area contributed by atoms with E-state index in [1.807, 2.05) is 0 Å². The highest BCUT2D eigenvalue weighted by atomic mass is 32.1. The molecule has 1 amide bonds. The predicted octanol–water partition coefficient (Wildman–Crippen LogP) is 3.83. The maximum Gasteiger partial charge on any atom is 0.339 e. The van der Waals surface area contributed by atoms with Crippen LogP contribution in [-0.2, 0) is 12.8 Å². The Hall–Kier alpha value is -2.34. The maximum absolute atomic E-state index is 12.5. The van der Waals surface area contributed by atoms with Gasteiger partial charge in [0.15, 0.2) is 0 Å². The van der Waals surface area contributed by atoms with E-state index >= 15 is 0 Å². The molecule has 6 heteroatoms. The van der Waals surface area contributed by atoms with Gasteiger partial charge in [0.05, 0.1) is 12.7 Å². The summed E-state index contributed by atoms with van der Waals surface area (Å²) in [6.07, 6.45) is 2.60. The van der Waals surface area contributed by atoms with Crippen LogP contribution in [0.4, 0.5) is 5.00 Å². The van der Waals surface area contributed by atoms with Crippen LogP contribution >= 0.6 is 11.3 Å². The van der Waals surface area contributed by atoms with Crippen molar-refractivity contribution in [1.82, 2.24) is 0 Å². The lowest BCUT2D eigenvalue weighted by Gasteiger charge is -2.17. The molecule has 1 atom stereocenters. The topological polar surface area (TPSA) is 75.6 Å². The fourth-order valence-electron chi connectivity index (χ4n) is 3.00. The Labute approximate surface area is 144 Å². The number of carbonyl (C=O) groups excluding carboxylic acids is 1. The Bertz CT molecular complexity index is 796. The number of ether oxygens (including phenoxy) is 1. The van der Waals surface area contributed by atoms with Crippen LogP contribution in [0.3, 0.4) is 0 Å². The van der Waals surface area contributed by atoms with Crippen molar-refractivity contribution in [1.29, 1.82) is 0 Å². The number of carbonyl (C=O) groups is 2. The summed E-state index contributed by atoms with van der Waals surface area (Å²) in [7, 11) is 1.54. The first-order chi connectivity index (χ1) is 11.5. The van der Waals surface area contributed by atoms with Crippen molar-refractivity contribution in [3.63, 3.8) is 0 Å². The van der Waals surface area contributed by atoms with Crippen LogP contribution in [0.1, 0.15) is 44.5 Å². The van der Waals surface area contributed by atoms with Crippen molar-refractivity contribution in [3.8, 4) is 5.75 Å². The molecule has 0 spiro atoms. The van der Waals surface area contributed by atoms with Gasteiger partial charge in [-0.15, -0.1) is 11.3 Å². The number of anilines is 1. The molecular formula is C18H19NO4S. The monoisotopic (exact) mass is 345 g/mol. The molecule has 0 bridgehead atoms. The molecule has 1 aromatic heterocycles. The van der Waals surface area contributed by atoms with E-state index < -0.39 is 5.97 Å². The third-order valence-corrected chi connectivity index (χ3v) is 5.45. The van der Waals surface area contributed by atoms with E-state index in [9.17, 15) is 14.7 Å². The first-order valence-corrected chi connectivity index (χ1v) is 8.64. The van der Waals surface area contributed by atoms with Gasteiger partial charge in [-0.1, -0.05) is 13.0 Å². The van der Waals surface area contributed by atoms with E-state index in [0.717, 1.165) is 29.7 Å². The number of methoxy groups -OCH3 is 1. The Balaban J connectivity index is 1.92. The summed E-state index contributed by atoms with van der Waals surface area (Å²) in [6, 6.07) is 6.79. The van der Waals surface area contributed by atoms with Gasteiger partial charge >= 0.3 is 5.97 Å². The minimum atomic E-state index is -0.983. The molecule has 1 unspecified atom stereocenters. The zero-order chi connectivity index (χ0) is 17.3. The van der Waals surface area contributed by atoms with E-state index in [2.05, 4.69) is 12.2 Å². The largest absolute Gasteiger partial charge is 0.497 e. The van der Waals surface area contributed by atoms with Crippen molar-refractivity contribution in [2.75, 3.05) is 12.4 Å². The van der Waals surface area contributed by atoms with Crippen LogP contribution in [0.2, 0.25) is 0 Å².